The van der Waals surface area contributed by atoms with E-state index in [1.807, 2.05) is 29.6 Å². The first-order chi connectivity index (χ1) is 9.74. The molecule has 1 heterocycles. The van der Waals surface area contributed by atoms with E-state index < -0.39 is 0 Å². The molecular formula is C15H17N3OS. The van der Waals surface area contributed by atoms with Gasteiger partial charge in [-0.3, -0.25) is 4.79 Å². The molecule has 1 saturated carbocycles. The quantitative estimate of drug-likeness (QED) is 0.886. The average molecular weight is 287 g/mol. The molecule has 1 unspecified atom stereocenters. The van der Waals surface area contributed by atoms with Gasteiger partial charge in [-0.2, -0.15) is 0 Å². The Bertz CT molecular complexity index is 593. The average Bonchev–Trinajstić information content (AvgIpc) is 3.19. The normalized spacial score (nSPS) is 15.8. The molecule has 20 heavy (non-hydrogen) atoms. The number of aromatic nitrogens is 1. The molecule has 3 rings (SSSR count). The van der Waals surface area contributed by atoms with Gasteiger partial charge in [0.1, 0.15) is 0 Å². The Balaban J connectivity index is 1.66. The van der Waals surface area contributed by atoms with Crippen molar-refractivity contribution < 1.29 is 4.79 Å². The van der Waals surface area contributed by atoms with Gasteiger partial charge in [0.25, 0.3) is 5.91 Å². The molecule has 3 N–H and O–H groups in total. The van der Waals surface area contributed by atoms with Crippen LogP contribution in [-0.2, 0) is 0 Å². The molecule has 1 aliphatic rings. The van der Waals surface area contributed by atoms with Gasteiger partial charge in [0, 0.05) is 29.1 Å². The molecule has 1 aromatic heterocycles. The van der Waals surface area contributed by atoms with Crippen LogP contribution < -0.4 is 11.1 Å². The zero-order chi connectivity index (χ0) is 13.9. The molecule has 0 bridgehead atoms. The molecule has 0 spiro atoms. The number of hydrogen-bond donors (Lipinski definition) is 2. The minimum Gasteiger partial charge on any atom is -0.350 e. The van der Waals surface area contributed by atoms with Crippen LogP contribution >= 0.6 is 11.3 Å². The number of hydrogen-bond acceptors (Lipinski definition) is 4. The second-order valence-electron chi connectivity index (χ2n) is 5.17. The highest BCUT2D eigenvalue weighted by Gasteiger charge is 2.28. The van der Waals surface area contributed by atoms with Gasteiger partial charge in [-0.25, -0.2) is 4.98 Å². The zero-order valence-corrected chi connectivity index (χ0v) is 11.9. The van der Waals surface area contributed by atoms with E-state index in [9.17, 15) is 4.79 Å². The number of amides is 1. The number of nitrogens with one attached hydrogen (secondary N) is 1. The van der Waals surface area contributed by atoms with E-state index >= 15 is 0 Å². The number of nitrogens with two attached hydrogens (primary N) is 1. The molecule has 5 heteroatoms. The smallest absolute Gasteiger partial charge is 0.251 e. The highest BCUT2D eigenvalue weighted by atomic mass is 32.1. The third-order valence-corrected chi connectivity index (χ3v) is 4.17. The van der Waals surface area contributed by atoms with Crippen LogP contribution in [-0.4, -0.2) is 23.5 Å². The van der Waals surface area contributed by atoms with Crippen molar-refractivity contribution in [1.29, 1.82) is 0 Å². The van der Waals surface area contributed by atoms with Gasteiger partial charge in [0.15, 0.2) is 0 Å². The summed E-state index contributed by atoms with van der Waals surface area (Å²) in [6.45, 7) is 0.546. The molecule has 1 aromatic carbocycles. The predicted octanol–water partition coefficient (Wildman–Crippen LogP) is 2.28. The summed E-state index contributed by atoms with van der Waals surface area (Å²) in [5, 5.41) is 4.88. The second-order valence-corrected chi connectivity index (χ2v) is 5.88. The molecule has 0 aliphatic heterocycles. The van der Waals surface area contributed by atoms with Gasteiger partial charge < -0.3 is 11.1 Å². The lowest BCUT2D eigenvalue weighted by molar-refractivity contribution is 0.0950. The van der Waals surface area contributed by atoms with Crippen molar-refractivity contribution in [3.05, 3.63) is 40.7 Å². The van der Waals surface area contributed by atoms with Crippen LogP contribution in [0, 0.1) is 5.92 Å². The number of rotatable bonds is 5. The van der Waals surface area contributed by atoms with Crippen LogP contribution in [0.25, 0.3) is 11.3 Å². The Morgan fingerprint density at radius 3 is 3.05 bits per heavy atom. The number of carbonyl (C=O) groups is 1. The van der Waals surface area contributed by atoms with Gasteiger partial charge in [-0.15, -0.1) is 11.3 Å². The van der Waals surface area contributed by atoms with Crippen molar-refractivity contribution in [3.8, 4) is 11.3 Å². The van der Waals surface area contributed by atoms with Crippen LogP contribution in [0.2, 0.25) is 0 Å². The van der Waals surface area contributed by atoms with Crippen LogP contribution in [0.3, 0.4) is 0 Å². The van der Waals surface area contributed by atoms with E-state index in [0.717, 1.165) is 11.3 Å². The minimum atomic E-state index is -0.0711. The first-order valence-corrected chi connectivity index (χ1v) is 7.71. The minimum absolute atomic E-state index is 0.0711. The summed E-state index contributed by atoms with van der Waals surface area (Å²) < 4.78 is 0. The topological polar surface area (TPSA) is 68.0 Å². The summed E-state index contributed by atoms with van der Waals surface area (Å²) in [6, 6.07) is 7.60. The molecule has 1 amide bonds. The van der Waals surface area contributed by atoms with E-state index in [-0.39, 0.29) is 11.9 Å². The Morgan fingerprint density at radius 1 is 1.50 bits per heavy atom. The fourth-order valence-corrected chi connectivity index (χ4v) is 2.74. The van der Waals surface area contributed by atoms with Crippen molar-refractivity contribution in [1.82, 2.24) is 10.3 Å². The number of carbonyl (C=O) groups excluding carboxylic acids is 1. The largest absolute Gasteiger partial charge is 0.350 e. The monoisotopic (exact) mass is 287 g/mol. The number of thiazole rings is 1. The molecule has 1 fully saturated rings. The molecule has 1 aliphatic carbocycles. The highest BCUT2D eigenvalue weighted by molar-refractivity contribution is 7.07. The van der Waals surface area contributed by atoms with Gasteiger partial charge in [0.2, 0.25) is 0 Å². The van der Waals surface area contributed by atoms with Gasteiger partial charge in [0.05, 0.1) is 11.2 Å². The molecule has 0 radical (unpaired) electrons. The highest BCUT2D eigenvalue weighted by Crippen LogP contribution is 2.31. The fraction of sp³-hybridized carbons (Fsp3) is 0.333. The first-order valence-electron chi connectivity index (χ1n) is 6.76. The second kappa shape index (κ2) is 5.73. The van der Waals surface area contributed by atoms with Crippen molar-refractivity contribution in [2.24, 2.45) is 11.7 Å². The maximum absolute atomic E-state index is 12.1. The lowest BCUT2D eigenvalue weighted by atomic mass is 10.1. The summed E-state index contributed by atoms with van der Waals surface area (Å²) in [5.41, 5.74) is 10.3. The Hall–Kier alpha value is -1.72. The summed E-state index contributed by atoms with van der Waals surface area (Å²) in [5.74, 6) is 0.523. The van der Waals surface area contributed by atoms with Crippen LogP contribution in [0.1, 0.15) is 23.2 Å². The van der Waals surface area contributed by atoms with Gasteiger partial charge in [-0.1, -0.05) is 12.1 Å². The summed E-state index contributed by atoms with van der Waals surface area (Å²) in [4.78, 5) is 16.4. The lowest BCUT2D eigenvalue weighted by Gasteiger charge is -2.11. The maximum Gasteiger partial charge on any atom is 0.251 e. The predicted molar refractivity (Wildman–Crippen MR) is 80.6 cm³/mol. The van der Waals surface area contributed by atoms with E-state index in [2.05, 4.69) is 10.3 Å². The third kappa shape index (κ3) is 3.05. The van der Waals surface area contributed by atoms with E-state index in [1.54, 1.807) is 16.8 Å². The van der Waals surface area contributed by atoms with Crippen molar-refractivity contribution in [2.75, 3.05) is 6.54 Å². The zero-order valence-electron chi connectivity index (χ0n) is 11.1. The molecule has 104 valence electrons. The maximum atomic E-state index is 12.1. The van der Waals surface area contributed by atoms with Crippen molar-refractivity contribution in [2.45, 2.75) is 18.9 Å². The van der Waals surface area contributed by atoms with Gasteiger partial charge in [-0.05, 0) is 30.9 Å². The molecular weight excluding hydrogens is 270 g/mol. The van der Waals surface area contributed by atoms with Crippen LogP contribution in [0.4, 0.5) is 0 Å². The Kier molecular flexibility index (Phi) is 3.80. The fourth-order valence-electron chi connectivity index (χ4n) is 2.18. The third-order valence-electron chi connectivity index (χ3n) is 3.58. The summed E-state index contributed by atoms with van der Waals surface area (Å²) in [6.07, 6.45) is 2.38. The number of nitrogens with zero attached hydrogens (tertiary/aromatic N) is 1. The van der Waals surface area contributed by atoms with Crippen LogP contribution in [0.15, 0.2) is 35.2 Å². The lowest BCUT2D eigenvalue weighted by Crippen LogP contribution is -2.38. The standard InChI is InChI=1S/C15H17N3OS/c16-13(10-4-5-10)7-17-15(19)12-3-1-2-11(6-12)14-8-20-9-18-14/h1-3,6,8-10,13H,4-5,7,16H2,(H,17,19). The Labute approximate surface area is 122 Å². The first kappa shape index (κ1) is 13.3. The molecule has 1 atom stereocenters. The van der Waals surface area contributed by atoms with Crippen LogP contribution in [0.5, 0.6) is 0 Å². The Morgan fingerprint density at radius 2 is 2.35 bits per heavy atom. The molecule has 2 aromatic rings. The van der Waals surface area contributed by atoms with E-state index in [4.69, 9.17) is 5.73 Å². The van der Waals surface area contributed by atoms with E-state index in [1.165, 1.54) is 12.8 Å². The van der Waals surface area contributed by atoms with Crippen molar-refractivity contribution >= 4 is 17.2 Å². The molecule has 4 nitrogen and oxygen atoms in total. The van der Waals surface area contributed by atoms with Crippen molar-refractivity contribution in [3.63, 3.8) is 0 Å². The van der Waals surface area contributed by atoms with E-state index in [0.29, 0.717) is 18.0 Å². The SMILES string of the molecule is NC(CNC(=O)c1cccc(-c2cscn2)c1)C1CC1. The summed E-state index contributed by atoms with van der Waals surface area (Å²) >= 11 is 1.54. The summed E-state index contributed by atoms with van der Waals surface area (Å²) in [7, 11) is 0. The van der Waals surface area contributed by atoms with Gasteiger partial charge >= 0.3 is 0 Å². The molecule has 0 saturated heterocycles. The number of benzene rings is 1.